The molecular formula is C23H24N6O4S2. The molecule has 0 fully saturated rings. The standard InChI is InChI=1S/C15H15N3O2S.C8H9N3O2S/c19-14-13-12(6-7-16-13)18(15(21)17-14)8-9-20-10-11-4-2-1-3-5-11;12-4-3-11-5-1-2-9-6(5)7(13)10-8(11)14/h1-7,16H,8-10H2,(H,17,19,21);1-2,9,12H,3-4H2,(H,10,13,14). The number of hydrogen-bond donors (Lipinski definition) is 5. The summed E-state index contributed by atoms with van der Waals surface area (Å²) in [5.74, 6) is 0. The number of ether oxygens (including phenoxy) is 1. The van der Waals surface area contributed by atoms with Crippen LogP contribution in [0.5, 0.6) is 0 Å². The second-order valence-electron chi connectivity index (χ2n) is 7.56. The van der Waals surface area contributed by atoms with E-state index in [0.717, 1.165) is 11.1 Å². The van der Waals surface area contributed by atoms with Crippen molar-refractivity contribution in [2.45, 2.75) is 19.7 Å². The van der Waals surface area contributed by atoms with Gasteiger partial charge in [-0.15, -0.1) is 0 Å². The molecule has 4 aromatic heterocycles. The molecule has 0 aliphatic carbocycles. The summed E-state index contributed by atoms with van der Waals surface area (Å²) in [5, 5.41) is 8.84. The van der Waals surface area contributed by atoms with E-state index in [1.54, 1.807) is 23.0 Å². The van der Waals surface area contributed by atoms with Crippen LogP contribution in [-0.2, 0) is 24.4 Å². The van der Waals surface area contributed by atoms with Crippen molar-refractivity contribution in [3.63, 3.8) is 0 Å². The molecule has 0 saturated heterocycles. The highest BCUT2D eigenvalue weighted by atomic mass is 32.1. The highest BCUT2D eigenvalue weighted by Gasteiger charge is 2.06. The van der Waals surface area contributed by atoms with Gasteiger partial charge in [0, 0.05) is 25.5 Å². The number of aromatic nitrogens is 6. The Kier molecular flexibility index (Phi) is 7.87. The van der Waals surface area contributed by atoms with E-state index >= 15 is 0 Å². The number of H-pyrrole nitrogens is 4. The van der Waals surface area contributed by atoms with Crippen molar-refractivity contribution < 1.29 is 9.84 Å². The van der Waals surface area contributed by atoms with Crippen LogP contribution >= 0.6 is 24.4 Å². The van der Waals surface area contributed by atoms with Crippen LogP contribution in [0, 0.1) is 9.54 Å². The first-order chi connectivity index (χ1) is 17.0. The molecule has 182 valence electrons. The average Bonchev–Trinajstić information content (AvgIpc) is 3.53. The van der Waals surface area contributed by atoms with E-state index in [0.29, 0.717) is 52.4 Å². The van der Waals surface area contributed by atoms with Crippen LogP contribution in [-0.4, -0.2) is 47.4 Å². The maximum Gasteiger partial charge on any atom is 0.276 e. The van der Waals surface area contributed by atoms with Crippen LogP contribution in [0.3, 0.4) is 0 Å². The first-order valence-electron chi connectivity index (χ1n) is 10.8. The zero-order valence-electron chi connectivity index (χ0n) is 18.6. The quantitative estimate of drug-likeness (QED) is 0.168. The van der Waals surface area contributed by atoms with E-state index < -0.39 is 0 Å². The lowest BCUT2D eigenvalue weighted by Crippen LogP contribution is -2.16. The van der Waals surface area contributed by atoms with Crippen LogP contribution < -0.4 is 11.1 Å². The topological polar surface area (TPSA) is 137 Å². The molecule has 1 aromatic carbocycles. The maximum atomic E-state index is 11.7. The number of benzene rings is 1. The minimum absolute atomic E-state index is 0.0133. The zero-order chi connectivity index (χ0) is 24.8. The van der Waals surface area contributed by atoms with Crippen molar-refractivity contribution in [1.29, 1.82) is 0 Å². The molecule has 0 radical (unpaired) electrons. The Bertz CT molecular complexity index is 1660. The summed E-state index contributed by atoms with van der Waals surface area (Å²) in [5.41, 5.74) is 3.23. The van der Waals surface area contributed by atoms with Crippen molar-refractivity contribution in [2.24, 2.45) is 0 Å². The fourth-order valence-electron chi connectivity index (χ4n) is 3.67. The molecule has 5 rings (SSSR count). The molecular weight excluding hydrogens is 488 g/mol. The number of nitrogens with zero attached hydrogens (tertiary/aromatic N) is 2. The first kappa shape index (κ1) is 24.5. The van der Waals surface area contributed by atoms with Gasteiger partial charge >= 0.3 is 0 Å². The van der Waals surface area contributed by atoms with Gasteiger partial charge in [-0.3, -0.25) is 19.6 Å². The second kappa shape index (κ2) is 11.2. The van der Waals surface area contributed by atoms with Gasteiger partial charge in [-0.1, -0.05) is 30.3 Å². The lowest BCUT2D eigenvalue weighted by molar-refractivity contribution is 0.113. The van der Waals surface area contributed by atoms with Crippen molar-refractivity contribution in [3.05, 3.63) is 90.7 Å². The van der Waals surface area contributed by atoms with Gasteiger partial charge in [-0.25, -0.2) is 0 Å². The summed E-state index contributed by atoms with van der Waals surface area (Å²) < 4.78 is 9.96. The van der Waals surface area contributed by atoms with Crippen molar-refractivity contribution in [2.75, 3.05) is 13.2 Å². The van der Waals surface area contributed by atoms with Gasteiger partial charge in [0.15, 0.2) is 9.54 Å². The van der Waals surface area contributed by atoms with Gasteiger partial charge in [0.05, 0.1) is 30.9 Å². The van der Waals surface area contributed by atoms with Gasteiger partial charge in [0.1, 0.15) is 11.0 Å². The molecule has 0 amide bonds. The zero-order valence-corrected chi connectivity index (χ0v) is 20.2. The first-order valence-corrected chi connectivity index (χ1v) is 11.6. The SMILES string of the molecule is O=c1[nH]c(=S)n(CCO)c2cc[nH]c12.O=c1[nH]c(=S)n(CCOCc2ccccc2)c2cc[nH]c12. The fourth-order valence-corrected chi connectivity index (χ4v) is 4.24. The van der Waals surface area contributed by atoms with Crippen molar-refractivity contribution in [1.82, 2.24) is 29.1 Å². The van der Waals surface area contributed by atoms with Crippen LogP contribution in [0.25, 0.3) is 22.1 Å². The molecule has 0 saturated carbocycles. The number of fused-ring (bicyclic) bond motifs is 2. The average molecular weight is 513 g/mol. The van der Waals surface area contributed by atoms with E-state index in [-0.39, 0.29) is 17.7 Å². The predicted octanol–water partition coefficient (Wildman–Crippen LogP) is 2.98. The molecule has 5 aromatic rings. The molecule has 5 N–H and O–H groups in total. The van der Waals surface area contributed by atoms with Gasteiger partial charge in [0.2, 0.25) is 0 Å². The second-order valence-corrected chi connectivity index (χ2v) is 8.33. The third-order valence-corrected chi connectivity index (χ3v) is 5.96. The smallest absolute Gasteiger partial charge is 0.276 e. The molecule has 0 unspecified atom stereocenters. The van der Waals surface area contributed by atoms with E-state index in [4.69, 9.17) is 34.3 Å². The molecule has 0 atom stereocenters. The van der Waals surface area contributed by atoms with Crippen molar-refractivity contribution in [3.8, 4) is 0 Å². The van der Waals surface area contributed by atoms with E-state index in [1.165, 1.54) is 0 Å². The Hall–Kier alpha value is -3.58. The molecule has 0 spiro atoms. The number of aromatic amines is 4. The molecule has 4 heterocycles. The Morgan fingerprint density at radius 1 is 0.800 bits per heavy atom. The molecule has 12 heteroatoms. The Morgan fingerprint density at radius 2 is 1.34 bits per heavy atom. The predicted molar refractivity (Wildman–Crippen MR) is 139 cm³/mol. The summed E-state index contributed by atoms with van der Waals surface area (Å²) in [6, 6.07) is 13.6. The molecule has 0 aliphatic heterocycles. The summed E-state index contributed by atoms with van der Waals surface area (Å²) in [7, 11) is 0. The lowest BCUT2D eigenvalue weighted by Gasteiger charge is -2.09. The molecule has 0 aliphatic rings. The van der Waals surface area contributed by atoms with Gasteiger partial charge < -0.3 is 28.9 Å². The largest absolute Gasteiger partial charge is 0.395 e. The highest BCUT2D eigenvalue weighted by molar-refractivity contribution is 7.71. The number of nitrogens with one attached hydrogen (secondary N) is 4. The Balaban J connectivity index is 0.000000179. The molecule has 10 nitrogen and oxygen atoms in total. The molecule has 35 heavy (non-hydrogen) atoms. The summed E-state index contributed by atoms with van der Waals surface area (Å²) in [6.45, 7) is 2.05. The fraction of sp³-hybridized carbons (Fsp3) is 0.217. The van der Waals surface area contributed by atoms with Crippen LogP contribution in [0.1, 0.15) is 5.56 Å². The monoisotopic (exact) mass is 512 g/mol. The van der Waals surface area contributed by atoms with E-state index in [2.05, 4.69) is 19.9 Å². The maximum absolute atomic E-state index is 11.7. The highest BCUT2D eigenvalue weighted by Crippen LogP contribution is 2.09. The van der Waals surface area contributed by atoms with Crippen LogP contribution in [0.15, 0.2) is 64.4 Å². The van der Waals surface area contributed by atoms with Crippen LogP contribution in [0.2, 0.25) is 0 Å². The Labute approximate surface area is 208 Å². The summed E-state index contributed by atoms with van der Waals surface area (Å²) in [4.78, 5) is 34.1. The third-order valence-electron chi connectivity index (χ3n) is 5.31. The van der Waals surface area contributed by atoms with Gasteiger partial charge in [0.25, 0.3) is 11.1 Å². The Morgan fingerprint density at radius 3 is 1.89 bits per heavy atom. The van der Waals surface area contributed by atoms with Gasteiger partial charge in [-0.2, -0.15) is 0 Å². The van der Waals surface area contributed by atoms with Gasteiger partial charge in [-0.05, 0) is 42.1 Å². The third kappa shape index (κ3) is 5.57. The number of rotatable bonds is 7. The number of hydrogen-bond acceptors (Lipinski definition) is 6. The lowest BCUT2D eigenvalue weighted by atomic mass is 10.2. The summed E-state index contributed by atoms with van der Waals surface area (Å²) >= 11 is 10.2. The minimum Gasteiger partial charge on any atom is -0.395 e. The van der Waals surface area contributed by atoms with E-state index in [9.17, 15) is 9.59 Å². The van der Waals surface area contributed by atoms with Crippen LogP contribution in [0.4, 0.5) is 0 Å². The minimum atomic E-state index is -0.232. The summed E-state index contributed by atoms with van der Waals surface area (Å²) in [6.07, 6.45) is 3.40. The number of aliphatic hydroxyl groups excluding tert-OH is 1. The normalized spacial score (nSPS) is 11.0. The molecule has 0 bridgehead atoms. The number of aliphatic hydroxyl groups is 1. The van der Waals surface area contributed by atoms with E-state index in [1.807, 2.05) is 41.0 Å². The van der Waals surface area contributed by atoms with Crippen molar-refractivity contribution >= 4 is 46.5 Å².